The monoisotopic (exact) mass is 234 g/mol. The van der Waals surface area contributed by atoms with Gasteiger partial charge < -0.3 is 10.1 Å². The van der Waals surface area contributed by atoms with Crippen molar-refractivity contribution in [3.05, 3.63) is 0 Å². The van der Waals surface area contributed by atoms with Gasteiger partial charge in [-0.3, -0.25) is 4.90 Å². The third kappa shape index (κ3) is 5.71. The molecule has 0 aromatic heterocycles. The SMILES string of the molecule is CCN1CCOC(CNCCCCCl)C1. The van der Waals surface area contributed by atoms with Crippen LogP contribution in [-0.4, -0.2) is 56.2 Å². The maximum atomic E-state index is 5.69. The molecule has 1 heterocycles. The van der Waals surface area contributed by atoms with Crippen LogP contribution in [-0.2, 0) is 4.74 Å². The van der Waals surface area contributed by atoms with Gasteiger partial charge in [-0.15, -0.1) is 11.6 Å². The van der Waals surface area contributed by atoms with Gasteiger partial charge in [-0.2, -0.15) is 0 Å². The van der Waals surface area contributed by atoms with Crippen molar-refractivity contribution >= 4 is 11.6 Å². The smallest absolute Gasteiger partial charge is 0.0826 e. The average Bonchev–Trinajstić information content (AvgIpc) is 2.29. The first kappa shape index (κ1) is 13.2. The molecule has 1 saturated heterocycles. The van der Waals surface area contributed by atoms with E-state index in [9.17, 15) is 0 Å². The van der Waals surface area contributed by atoms with E-state index in [4.69, 9.17) is 16.3 Å². The van der Waals surface area contributed by atoms with Gasteiger partial charge in [-0.25, -0.2) is 0 Å². The summed E-state index contributed by atoms with van der Waals surface area (Å²) in [5, 5.41) is 3.42. The van der Waals surface area contributed by atoms with Crippen molar-refractivity contribution < 1.29 is 4.74 Å². The fraction of sp³-hybridized carbons (Fsp3) is 1.00. The topological polar surface area (TPSA) is 24.5 Å². The maximum absolute atomic E-state index is 5.69. The first-order valence-corrected chi connectivity index (χ1v) is 6.51. The third-order valence-corrected chi connectivity index (χ3v) is 3.05. The second-order valence-electron chi connectivity index (χ2n) is 3.99. The number of morpholine rings is 1. The van der Waals surface area contributed by atoms with Crippen molar-refractivity contribution in [1.29, 1.82) is 0 Å². The molecule has 1 aliphatic rings. The van der Waals surface area contributed by atoms with Crippen LogP contribution in [0, 0.1) is 0 Å². The largest absolute Gasteiger partial charge is 0.374 e. The number of rotatable bonds is 7. The minimum Gasteiger partial charge on any atom is -0.374 e. The second kappa shape index (κ2) is 8.34. The Morgan fingerprint density at radius 3 is 3.07 bits per heavy atom. The van der Waals surface area contributed by atoms with E-state index in [0.29, 0.717) is 6.10 Å². The summed E-state index contributed by atoms with van der Waals surface area (Å²) >= 11 is 5.61. The lowest BCUT2D eigenvalue weighted by Gasteiger charge is -2.32. The molecule has 0 bridgehead atoms. The lowest BCUT2D eigenvalue weighted by molar-refractivity contribution is -0.0251. The van der Waals surface area contributed by atoms with Gasteiger partial charge in [0.1, 0.15) is 0 Å². The molecule has 0 radical (unpaired) electrons. The van der Waals surface area contributed by atoms with Gasteiger partial charge in [-0.05, 0) is 25.9 Å². The van der Waals surface area contributed by atoms with Gasteiger partial charge in [0.15, 0.2) is 0 Å². The first-order valence-electron chi connectivity index (χ1n) is 5.97. The van der Waals surface area contributed by atoms with Crippen molar-refractivity contribution in [2.75, 3.05) is 45.2 Å². The first-order chi connectivity index (χ1) is 7.36. The predicted octanol–water partition coefficient (Wildman–Crippen LogP) is 1.32. The average molecular weight is 235 g/mol. The molecule has 90 valence electrons. The highest BCUT2D eigenvalue weighted by Gasteiger charge is 2.18. The van der Waals surface area contributed by atoms with E-state index in [1.54, 1.807) is 0 Å². The molecule has 4 heteroatoms. The molecule has 15 heavy (non-hydrogen) atoms. The van der Waals surface area contributed by atoms with Gasteiger partial charge in [0.25, 0.3) is 0 Å². The summed E-state index contributed by atoms with van der Waals surface area (Å²) < 4.78 is 5.69. The molecule has 1 aliphatic heterocycles. The Labute approximate surface area is 98.1 Å². The van der Waals surface area contributed by atoms with Crippen molar-refractivity contribution in [2.24, 2.45) is 0 Å². The zero-order valence-electron chi connectivity index (χ0n) is 9.67. The standard InChI is InChI=1S/C11H23ClN2O/c1-2-14-7-8-15-11(10-14)9-13-6-4-3-5-12/h11,13H,2-10H2,1H3. The highest BCUT2D eigenvalue weighted by atomic mass is 35.5. The molecule has 0 aliphatic carbocycles. The van der Waals surface area contributed by atoms with Crippen LogP contribution >= 0.6 is 11.6 Å². The quantitative estimate of drug-likeness (QED) is 0.531. The minimum absolute atomic E-state index is 0.370. The van der Waals surface area contributed by atoms with Crippen molar-refractivity contribution in [3.8, 4) is 0 Å². The number of ether oxygens (including phenoxy) is 1. The number of halogens is 1. The predicted molar refractivity (Wildman–Crippen MR) is 64.7 cm³/mol. The number of nitrogens with one attached hydrogen (secondary N) is 1. The fourth-order valence-electron chi connectivity index (χ4n) is 1.80. The molecular weight excluding hydrogens is 212 g/mol. The number of nitrogens with zero attached hydrogens (tertiary/aromatic N) is 1. The van der Waals surface area contributed by atoms with Crippen LogP contribution in [0.2, 0.25) is 0 Å². The molecule has 1 atom stereocenters. The van der Waals surface area contributed by atoms with Gasteiger partial charge in [0, 0.05) is 25.5 Å². The van der Waals surface area contributed by atoms with E-state index >= 15 is 0 Å². The maximum Gasteiger partial charge on any atom is 0.0826 e. The molecule has 1 unspecified atom stereocenters. The van der Waals surface area contributed by atoms with Crippen LogP contribution in [0.25, 0.3) is 0 Å². The summed E-state index contributed by atoms with van der Waals surface area (Å²) in [4.78, 5) is 2.44. The summed E-state index contributed by atoms with van der Waals surface area (Å²) in [7, 11) is 0. The Bertz CT molecular complexity index is 158. The van der Waals surface area contributed by atoms with Crippen LogP contribution in [0.15, 0.2) is 0 Å². The van der Waals surface area contributed by atoms with Crippen LogP contribution in [0.3, 0.4) is 0 Å². The van der Waals surface area contributed by atoms with Crippen LogP contribution in [0.1, 0.15) is 19.8 Å². The number of alkyl halides is 1. The molecule has 1 N–H and O–H groups in total. The molecule has 0 amide bonds. The summed E-state index contributed by atoms with van der Waals surface area (Å²) in [5.74, 6) is 0.769. The van der Waals surface area contributed by atoms with E-state index in [0.717, 1.165) is 58.1 Å². The molecule has 3 nitrogen and oxygen atoms in total. The molecule has 0 aromatic carbocycles. The van der Waals surface area contributed by atoms with Gasteiger partial charge in [0.2, 0.25) is 0 Å². The van der Waals surface area contributed by atoms with E-state index in [-0.39, 0.29) is 0 Å². The Kier molecular flexibility index (Phi) is 7.36. The number of hydrogen-bond acceptors (Lipinski definition) is 3. The fourth-order valence-corrected chi connectivity index (χ4v) is 1.99. The van der Waals surface area contributed by atoms with E-state index < -0.39 is 0 Å². The number of unbranched alkanes of at least 4 members (excludes halogenated alkanes) is 1. The van der Waals surface area contributed by atoms with E-state index in [2.05, 4.69) is 17.1 Å². The Hall–Kier alpha value is 0.170. The van der Waals surface area contributed by atoms with E-state index in [1.807, 2.05) is 0 Å². The highest BCUT2D eigenvalue weighted by molar-refractivity contribution is 6.17. The van der Waals surface area contributed by atoms with Crippen molar-refractivity contribution in [3.63, 3.8) is 0 Å². The Balaban J connectivity index is 2.00. The van der Waals surface area contributed by atoms with Gasteiger partial charge >= 0.3 is 0 Å². The van der Waals surface area contributed by atoms with Crippen molar-refractivity contribution in [2.45, 2.75) is 25.9 Å². The summed E-state index contributed by atoms with van der Waals surface area (Å²) in [6.45, 7) is 8.39. The summed E-state index contributed by atoms with van der Waals surface area (Å²) in [6, 6.07) is 0. The Morgan fingerprint density at radius 1 is 1.47 bits per heavy atom. The lowest BCUT2D eigenvalue weighted by atomic mass is 10.2. The van der Waals surface area contributed by atoms with Crippen molar-refractivity contribution in [1.82, 2.24) is 10.2 Å². The van der Waals surface area contributed by atoms with Crippen LogP contribution < -0.4 is 5.32 Å². The zero-order chi connectivity index (χ0) is 10.9. The highest BCUT2D eigenvalue weighted by Crippen LogP contribution is 2.03. The van der Waals surface area contributed by atoms with Gasteiger partial charge in [-0.1, -0.05) is 6.92 Å². The Morgan fingerprint density at radius 2 is 2.33 bits per heavy atom. The molecule has 0 spiro atoms. The van der Waals surface area contributed by atoms with Gasteiger partial charge in [0.05, 0.1) is 12.7 Å². The summed E-state index contributed by atoms with van der Waals surface area (Å²) in [6.07, 6.45) is 2.63. The molecule has 1 rings (SSSR count). The van der Waals surface area contributed by atoms with E-state index in [1.165, 1.54) is 0 Å². The number of likely N-dealkylation sites (N-methyl/N-ethyl adjacent to an activating group) is 1. The third-order valence-electron chi connectivity index (χ3n) is 2.78. The normalized spacial score (nSPS) is 23.2. The molecule has 0 aromatic rings. The summed E-state index contributed by atoms with van der Waals surface area (Å²) in [5.41, 5.74) is 0. The lowest BCUT2D eigenvalue weighted by Crippen LogP contribution is -2.46. The molecule has 0 saturated carbocycles. The molecule has 1 fully saturated rings. The second-order valence-corrected chi connectivity index (χ2v) is 4.36. The number of hydrogen-bond donors (Lipinski definition) is 1. The zero-order valence-corrected chi connectivity index (χ0v) is 10.4. The molecular formula is C11H23ClN2O. The minimum atomic E-state index is 0.370. The van der Waals surface area contributed by atoms with Crippen LogP contribution in [0.5, 0.6) is 0 Å². The van der Waals surface area contributed by atoms with Crippen LogP contribution in [0.4, 0.5) is 0 Å².